The zero-order valence-corrected chi connectivity index (χ0v) is 29.0. The summed E-state index contributed by atoms with van der Waals surface area (Å²) in [5, 5.41) is 8.94. The lowest BCUT2D eigenvalue weighted by Crippen LogP contribution is -2.00. The van der Waals surface area contributed by atoms with Crippen molar-refractivity contribution in [1.82, 2.24) is 19.6 Å². The average molecular weight is 679 g/mol. The van der Waals surface area contributed by atoms with E-state index in [2.05, 4.69) is 168 Å². The summed E-state index contributed by atoms with van der Waals surface area (Å²) in [7, 11) is 0. The first kappa shape index (κ1) is 30.9. The zero-order chi connectivity index (χ0) is 35.1. The molecule has 9 aromatic rings. The Morgan fingerprint density at radius 3 is 1.72 bits per heavy atom. The summed E-state index contributed by atoms with van der Waals surface area (Å²) in [5.41, 5.74) is 14.1. The van der Waals surface area contributed by atoms with Gasteiger partial charge >= 0.3 is 0 Å². The number of benzene rings is 6. The van der Waals surface area contributed by atoms with Crippen molar-refractivity contribution in [3.63, 3.8) is 0 Å². The fourth-order valence-corrected chi connectivity index (χ4v) is 7.85. The molecular weight excluding hydrogens is 645 g/mol. The third kappa shape index (κ3) is 5.35. The SMILES string of the molecule is C1=CCCC(c2c(-c3ccccc3)nn3c(-c4ccccc4)c(-c4ccc(-c5nc(-c6ccccc6)c6ccccc6n5)cc4)c4ccccc4c23)=C1. The van der Waals surface area contributed by atoms with Crippen LogP contribution in [0.25, 0.3) is 89.1 Å². The van der Waals surface area contributed by atoms with Gasteiger partial charge in [0.25, 0.3) is 0 Å². The van der Waals surface area contributed by atoms with E-state index >= 15 is 0 Å². The van der Waals surface area contributed by atoms with E-state index in [0.29, 0.717) is 5.82 Å². The Morgan fingerprint density at radius 2 is 1.04 bits per heavy atom. The number of allylic oxidation sites excluding steroid dienone is 4. The molecule has 250 valence electrons. The van der Waals surface area contributed by atoms with Gasteiger partial charge < -0.3 is 0 Å². The van der Waals surface area contributed by atoms with Crippen LogP contribution in [0.15, 0.2) is 182 Å². The lowest BCUT2D eigenvalue weighted by molar-refractivity contribution is 0.981. The Morgan fingerprint density at radius 1 is 0.453 bits per heavy atom. The van der Waals surface area contributed by atoms with Gasteiger partial charge in [-0.2, -0.15) is 5.10 Å². The van der Waals surface area contributed by atoms with Crippen molar-refractivity contribution in [3.8, 4) is 56.3 Å². The Kier molecular flexibility index (Phi) is 7.58. The molecule has 4 heteroatoms. The van der Waals surface area contributed by atoms with Gasteiger partial charge in [-0.1, -0.05) is 176 Å². The Hall–Kier alpha value is -6.91. The number of hydrogen-bond donors (Lipinski definition) is 0. The van der Waals surface area contributed by atoms with E-state index in [1.54, 1.807) is 0 Å². The topological polar surface area (TPSA) is 43.1 Å². The molecule has 0 spiro atoms. The number of fused-ring (bicyclic) bond motifs is 4. The van der Waals surface area contributed by atoms with Gasteiger partial charge in [-0.15, -0.1) is 0 Å². The second-order valence-corrected chi connectivity index (χ2v) is 13.5. The van der Waals surface area contributed by atoms with Crippen molar-refractivity contribution in [3.05, 3.63) is 188 Å². The summed E-state index contributed by atoms with van der Waals surface area (Å²) in [4.78, 5) is 10.2. The van der Waals surface area contributed by atoms with E-state index in [-0.39, 0.29) is 0 Å². The molecule has 6 aromatic carbocycles. The molecule has 1 aliphatic carbocycles. The molecule has 4 nitrogen and oxygen atoms in total. The minimum atomic E-state index is 0.705. The van der Waals surface area contributed by atoms with Gasteiger partial charge in [-0.05, 0) is 35.4 Å². The lowest BCUT2D eigenvalue weighted by Gasteiger charge is -2.18. The molecule has 0 amide bonds. The van der Waals surface area contributed by atoms with Gasteiger partial charge in [0.15, 0.2) is 5.82 Å². The highest BCUT2D eigenvalue weighted by molar-refractivity contribution is 6.13. The van der Waals surface area contributed by atoms with Crippen LogP contribution >= 0.6 is 0 Å². The standard InChI is InChI=1S/C49H34N4/c1-5-17-33(18-6-1)44-46(36-21-9-3-10-22-36)52-53-47(37-23-11-4-12-24-37)43(39-25-13-14-26-40(39)48(44)53)34-29-31-38(32-30-34)49-50-42-28-16-15-27-41(42)45(51-49)35-19-7-2-8-20-35/h1-5,7-17,19-32H,6,18H2. The molecule has 3 aromatic heterocycles. The van der Waals surface area contributed by atoms with E-state index in [9.17, 15) is 0 Å². The Balaban J connectivity index is 1.23. The fourth-order valence-electron chi connectivity index (χ4n) is 7.85. The van der Waals surface area contributed by atoms with Crippen LogP contribution in [0.2, 0.25) is 0 Å². The molecule has 0 saturated heterocycles. The van der Waals surface area contributed by atoms with Crippen LogP contribution in [0.1, 0.15) is 18.4 Å². The summed E-state index contributed by atoms with van der Waals surface area (Å²) >= 11 is 0. The van der Waals surface area contributed by atoms with Crippen LogP contribution in [0.5, 0.6) is 0 Å². The monoisotopic (exact) mass is 678 g/mol. The summed E-state index contributed by atoms with van der Waals surface area (Å²) in [6, 6.07) is 57.5. The van der Waals surface area contributed by atoms with E-state index in [1.807, 2.05) is 18.2 Å². The first-order chi connectivity index (χ1) is 26.3. The summed E-state index contributed by atoms with van der Waals surface area (Å²) in [5.74, 6) is 0.705. The molecule has 1 aliphatic rings. The highest BCUT2D eigenvalue weighted by Gasteiger charge is 2.26. The summed E-state index contributed by atoms with van der Waals surface area (Å²) in [6.07, 6.45) is 8.69. The third-order valence-corrected chi connectivity index (χ3v) is 10.3. The van der Waals surface area contributed by atoms with Crippen LogP contribution in [0, 0.1) is 0 Å². The van der Waals surface area contributed by atoms with Gasteiger partial charge in [0, 0.05) is 44.2 Å². The van der Waals surface area contributed by atoms with Crippen LogP contribution in [-0.4, -0.2) is 19.6 Å². The molecule has 0 saturated carbocycles. The average Bonchev–Trinajstić information content (AvgIpc) is 3.65. The van der Waals surface area contributed by atoms with E-state index in [4.69, 9.17) is 15.1 Å². The highest BCUT2D eigenvalue weighted by Crippen LogP contribution is 2.45. The molecule has 0 fully saturated rings. The van der Waals surface area contributed by atoms with Crippen molar-refractivity contribution < 1.29 is 0 Å². The predicted molar refractivity (Wildman–Crippen MR) is 219 cm³/mol. The zero-order valence-electron chi connectivity index (χ0n) is 29.0. The largest absolute Gasteiger partial charge is 0.231 e. The van der Waals surface area contributed by atoms with Crippen molar-refractivity contribution >= 4 is 32.8 Å². The van der Waals surface area contributed by atoms with Gasteiger partial charge in [0.2, 0.25) is 0 Å². The molecule has 0 radical (unpaired) electrons. The van der Waals surface area contributed by atoms with Gasteiger partial charge in [0.1, 0.15) is 5.69 Å². The highest BCUT2D eigenvalue weighted by atomic mass is 15.2. The predicted octanol–water partition coefficient (Wildman–Crippen LogP) is 12.5. The van der Waals surface area contributed by atoms with Crippen molar-refractivity contribution in [1.29, 1.82) is 0 Å². The first-order valence-corrected chi connectivity index (χ1v) is 18.2. The van der Waals surface area contributed by atoms with Gasteiger partial charge in [-0.25, -0.2) is 14.5 Å². The number of hydrogen-bond acceptors (Lipinski definition) is 3. The molecular formula is C49H34N4. The smallest absolute Gasteiger partial charge is 0.160 e. The van der Waals surface area contributed by atoms with Crippen LogP contribution in [0.3, 0.4) is 0 Å². The molecule has 0 N–H and O–H groups in total. The van der Waals surface area contributed by atoms with Crippen LogP contribution in [0.4, 0.5) is 0 Å². The van der Waals surface area contributed by atoms with Gasteiger partial charge in [-0.3, -0.25) is 0 Å². The number of nitrogens with zero attached hydrogens (tertiary/aromatic N) is 4. The second-order valence-electron chi connectivity index (χ2n) is 13.5. The number of para-hydroxylation sites is 1. The van der Waals surface area contributed by atoms with Crippen LogP contribution < -0.4 is 0 Å². The molecule has 0 atom stereocenters. The first-order valence-electron chi connectivity index (χ1n) is 18.2. The summed E-state index contributed by atoms with van der Waals surface area (Å²) in [6.45, 7) is 0. The number of rotatable bonds is 6. The van der Waals surface area contributed by atoms with Gasteiger partial charge in [0.05, 0.1) is 22.4 Å². The minimum absolute atomic E-state index is 0.705. The lowest BCUT2D eigenvalue weighted by atomic mass is 9.89. The van der Waals surface area contributed by atoms with E-state index in [0.717, 1.165) is 79.7 Å². The van der Waals surface area contributed by atoms with Crippen molar-refractivity contribution in [2.75, 3.05) is 0 Å². The van der Waals surface area contributed by atoms with Crippen molar-refractivity contribution in [2.24, 2.45) is 0 Å². The van der Waals surface area contributed by atoms with Crippen LogP contribution in [-0.2, 0) is 0 Å². The van der Waals surface area contributed by atoms with E-state index in [1.165, 1.54) is 21.9 Å². The number of aromatic nitrogens is 4. The molecule has 53 heavy (non-hydrogen) atoms. The molecule has 0 bridgehead atoms. The number of pyridine rings is 1. The second kappa shape index (κ2) is 13.0. The third-order valence-electron chi connectivity index (χ3n) is 10.3. The molecule has 0 aliphatic heterocycles. The minimum Gasteiger partial charge on any atom is -0.231 e. The fraction of sp³-hybridized carbons (Fsp3) is 0.0408. The molecule has 3 heterocycles. The summed E-state index contributed by atoms with van der Waals surface area (Å²) < 4.78 is 2.22. The van der Waals surface area contributed by atoms with Crippen molar-refractivity contribution in [2.45, 2.75) is 12.8 Å². The Labute approximate surface area is 308 Å². The molecule has 10 rings (SSSR count). The maximum absolute atomic E-state index is 5.54. The normalized spacial score (nSPS) is 12.8. The quantitative estimate of drug-likeness (QED) is 0.176. The molecule has 0 unspecified atom stereocenters. The Bertz CT molecular complexity index is 2850. The van der Waals surface area contributed by atoms with E-state index < -0.39 is 0 Å². The maximum Gasteiger partial charge on any atom is 0.160 e. The maximum atomic E-state index is 5.54.